The Bertz CT molecular complexity index is 544. The number of nitrogens with zero attached hydrogens (tertiary/aromatic N) is 2. The largest absolute Gasteiger partial charge is 0.384 e. The van der Waals surface area contributed by atoms with Crippen molar-refractivity contribution in [3.05, 3.63) is 21.5 Å². The van der Waals surface area contributed by atoms with Crippen molar-refractivity contribution in [2.45, 2.75) is 13.0 Å². The van der Waals surface area contributed by atoms with E-state index in [0.717, 1.165) is 32.8 Å². The van der Waals surface area contributed by atoms with Crippen LogP contribution in [-0.2, 0) is 11.3 Å². The van der Waals surface area contributed by atoms with Gasteiger partial charge in [0.2, 0.25) is 0 Å². The summed E-state index contributed by atoms with van der Waals surface area (Å²) in [5.74, 6) is 0.528. The van der Waals surface area contributed by atoms with Gasteiger partial charge in [0.05, 0.1) is 13.2 Å². The minimum atomic E-state index is 0.0629. The molecule has 1 fully saturated rings. The Balaban J connectivity index is 2.00. The van der Waals surface area contributed by atoms with Crippen LogP contribution in [0.25, 0.3) is 0 Å². The van der Waals surface area contributed by atoms with Crippen molar-refractivity contribution in [1.82, 2.24) is 9.47 Å². The summed E-state index contributed by atoms with van der Waals surface area (Å²) in [7, 11) is 0. The van der Waals surface area contributed by atoms with E-state index in [0.29, 0.717) is 27.6 Å². The average molecular weight is 313 g/mol. The first-order valence-corrected chi connectivity index (χ1v) is 7.79. The van der Waals surface area contributed by atoms with Gasteiger partial charge in [-0.1, -0.05) is 17.4 Å². The Morgan fingerprint density at radius 3 is 2.85 bits per heavy atom. The molecule has 0 spiro atoms. The van der Waals surface area contributed by atoms with Gasteiger partial charge in [-0.2, -0.15) is 0 Å². The third-order valence-corrected chi connectivity index (χ3v) is 4.76. The van der Waals surface area contributed by atoms with E-state index in [4.69, 9.17) is 22.7 Å². The Morgan fingerprint density at radius 1 is 1.50 bits per heavy atom. The zero-order chi connectivity index (χ0) is 14.5. The van der Waals surface area contributed by atoms with Gasteiger partial charge < -0.3 is 15.0 Å². The number of ketones is 1. The van der Waals surface area contributed by atoms with Gasteiger partial charge >= 0.3 is 0 Å². The van der Waals surface area contributed by atoms with Crippen LogP contribution in [0.1, 0.15) is 16.1 Å². The van der Waals surface area contributed by atoms with Crippen molar-refractivity contribution in [2.24, 2.45) is 0 Å². The predicted molar refractivity (Wildman–Crippen MR) is 84.0 cm³/mol. The second-order valence-corrected chi connectivity index (χ2v) is 6.25. The van der Waals surface area contributed by atoms with Gasteiger partial charge in [-0.05, 0) is 12.2 Å². The third kappa shape index (κ3) is 3.54. The SMILES string of the molecule is C=CCn1c(N)c(C(=O)CCN2CCOCC2)sc1=S. The van der Waals surface area contributed by atoms with Gasteiger partial charge in [0.1, 0.15) is 10.7 Å². The van der Waals surface area contributed by atoms with E-state index in [2.05, 4.69) is 11.5 Å². The van der Waals surface area contributed by atoms with Crippen molar-refractivity contribution in [1.29, 1.82) is 0 Å². The van der Waals surface area contributed by atoms with E-state index in [1.807, 2.05) is 0 Å². The minimum absolute atomic E-state index is 0.0629. The average Bonchev–Trinajstić information content (AvgIpc) is 2.74. The number of ether oxygens (including phenoxy) is 1. The fourth-order valence-corrected chi connectivity index (χ4v) is 3.43. The van der Waals surface area contributed by atoms with Crippen LogP contribution in [0.3, 0.4) is 0 Å². The van der Waals surface area contributed by atoms with Crippen LogP contribution in [0.4, 0.5) is 5.82 Å². The molecule has 1 aromatic rings. The van der Waals surface area contributed by atoms with Gasteiger partial charge in [-0.25, -0.2) is 0 Å². The lowest BCUT2D eigenvalue weighted by molar-refractivity contribution is 0.0370. The molecule has 0 atom stereocenters. The van der Waals surface area contributed by atoms with Gasteiger partial charge in [-0.3, -0.25) is 9.69 Å². The van der Waals surface area contributed by atoms with Crippen LogP contribution >= 0.6 is 23.6 Å². The van der Waals surface area contributed by atoms with Crippen molar-refractivity contribution in [3.8, 4) is 0 Å². The summed E-state index contributed by atoms with van der Waals surface area (Å²) >= 11 is 6.52. The number of hydrogen-bond donors (Lipinski definition) is 1. The van der Waals surface area contributed by atoms with Crippen LogP contribution in [0.5, 0.6) is 0 Å². The molecule has 7 heteroatoms. The molecule has 2 heterocycles. The minimum Gasteiger partial charge on any atom is -0.384 e. The van der Waals surface area contributed by atoms with E-state index >= 15 is 0 Å². The molecule has 1 aliphatic rings. The highest BCUT2D eigenvalue weighted by atomic mass is 32.1. The molecule has 0 unspecified atom stereocenters. The second-order valence-electron chi connectivity index (χ2n) is 4.61. The standard InChI is InChI=1S/C13H19N3O2S2/c1-2-4-16-12(14)11(20-13(16)19)10(17)3-5-15-6-8-18-9-7-15/h2H,1,3-9,14H2. The summed E-state index contributed by atoms with van der Waals surface area (Å²) in [6, 6.07) is 0. The molecule has 20 heavy (non-hydrogen) atoms. The lowest BCUT2D eigenvalue weighted by Crippen LogP contribution is -2.37. The number of anilines is 1. The number of rotatable bonds is 6. The van der Waals surface area contributed by atoms with E-state index in [9.17, 15) is 4.79 Å². The van der Waals surface area contributed by atoms with Crippen molar-refractivity contribution in [2.75, 3.05) is 38.6 Å². The number of carbonyl (C=O) groups is 1. The Kier molecular flexibility index (Phi) is 5.47. The van der Waals surface area contributed by atoms with Gasteiger partial charge in [-0.15, -0.1) is 6.58 Å². The van der Waals surface area contributed by atoms with Crippen molar-refractivity contribution < 1.29 is 9.53 Å². The van der Waals surface area contributed by atoms with Crippen molar-refractivity contribution in [3.63, 3.8) is 0 Å². The summed E-state index contributed by atoms with van der Waals surface area (Å²) in [5.41, 5.74) is 6.00. The van der Waals surface area contributed by atoms with Crippen LogP contribution in [0, 0.1) is 3.95 Å². The molecule has 0 aliphatic carbocycles. The van der Waals surface area contributed by atoms with Crippen molar-refractivity contribution >= 4 is 35.2 Å². The molecule has 0 aromatic carbocycles. The van der Waals surface area contributed by atoms with E-state index < -0.39 is 0 Å². The molecule has 5 nitrogen and oxygen atoms in total. The maximum atomic E-state index is 12.3. The zero-order valence-corrected chi connectivity index (χ0v) is 13.0. The molecular weight excluding hydrogens is 294 g/mol. The van der Waals surface area contributed by atoms with Crippen LogP contribution in [0.2, 0.25) is 0 Å². The normalized spacial score (nSPS) is 16.2. The highest BCUT2D eigenvalue weighted by Crippen LogP contribution is 2.23. The fourth-order valence-electron chi connectivity index (χ4n) is 2.12. The summed E-state index contributed by atoms with van der Waals surface area (Å²) in [6.45, 7) is 8.20. The molecule has 110 valence electrons. The highest BCUT2D eigenvalue weighted by molar-refractivity contribution is 7.73. The lowest BCUT2D eigenvalue weighted by atomic mass is 10.2. The van der Waals surface area contributed by atoms with E-state index in [1.54, 1.807) is 10.6 Å². The van der Waals surface area contributed by atoms with Crippen LogP contribution < -0.4 is 5.73 Å². The second kappa shape index (κ2) is 7.12. The summed E-state index contributed by atoms with van der Waals surface area (Å²) < 4.78 is 7.65. The third-order valence-electron chi connectivity index (χ3n) is 3.26. The topological polar surface area (TPSA) is 60.5 Å². The number of morpholine rings is 1. The lowest BCUT2D eigenvalue weighted by Gasteiger charge is -2.26. The molecule has 1 aromatic heterocycles. The molecule has 1 saturated heterocycles. The van der Waals surface area contributed by atoms with Crippen LogP contribution in [-0.4, -0.2) is 48.1 Å². The Hall–Kier alpha value is -1.02. The summed E-state index contributed by atoms with van der Waals surface area (Å²) in [6.07, 6.45) is 2.19. The number of allylic oxidation sites excluding steroid dienone is 1. The molecule has 2 rings (SSSR count). The number of aromatic nitrogens is 1. The van der Waals surface area contributed by atoms with E-state index in [-0.39, 0.29) is 5.78 Å². The molecule has 2 N–H and O–H groups in total. The summed E-state index contributed by atoms with van der Waals surface area (Å²) in [5, 5.41) is 0. The number of Topliss-reactive ketones (excluding diaryl/α,β-unsaturated/α-hetero) is 1. The molecule has 0 bridgehead atoms. The maximum Gasteiger partial charge on any atom is 0.177 e. The number of carbonyl (C=O) groups excluding carboxylic acids is 1. The first-order chi connectivity index (χ1) is 9.63. The molecule has 1 aliphatic heterocycles. The predicted octanol–water partition coefficient (Wildman–Crippen LogP) is 1.95. The molecule has 0 radical (unpaired) electrons. The van der Waals surface area contributed by atoms with Gasteiger partial charge in [0.25, 0.3) is 0 Å². The Labute approximate surface area is 127 Å². The Morgan fingerprint density at radius 2 is 2.20 bits per heavy atom. The number of nitrogen functional groups attached to an aromatic ring is 1. The number of thiazole rings is 1. The summed E-state index contributed by atoms with van der Waals surface area (Å²) in [4.78, 5) is 15.1. The molecule has 0 amide bonds. The quantitative estimate of drug-likeness (QED) is 0.494. The maximum absolute atomic E-state index is 12.3. The monoisotopic (exact) mass is 313 g/mol. The fraction of sp³-hybridized carbons (Fsp3) is 0.538. The van der Waals surface area contributed by atoms with Gasteiger partial charge in [0, 0.05) is 32.6 Å². The number of hydrogen-bond acceptors (Lipinski definition) is 6. The van der Waals surface area contributed by atoms with Gasteiger partial charge in [0.15, 0.2) is 9.74 Å². The molecule has 0 saturated carbocycles. The zero-order valence-electron chi connectivity index (χ0n) is 11.3. The van der Waals surface area contributed by atoms with E-state index in [1.165, 1.54) is 11.3 Å². The highest BCUT2D eigenvalue weighted by Gasteiger charge is 2.18. The van der Waals surface area contributed by atoms with Crippen LogP contribution in [0.15, 0.2) is 12.7 Å². The number of nitrogens with two attached hydrogens (primary N) is 1. The smallest absolute Gasteiger partial charge is 0.177 e. The first kappa shape index (κ1) is 15.4. The molecular formula is C13H19N3O2S2. The first-order valence-electron chi connectivity index (χ1n) is 6.56.